The topological polar surface area (TPSA) is 50.4 Å². The first-order valence-corrected chi connectivity index (χ1v) is 6.98. The van der Waals surface area contributed by atoms with Crippen molar-refractivity contribution in [3.05, 3.63) is 29.3 Å². The van der Waals surface area contributed by atoms with Gasteiger partial charge in [-0.3, -0.25) is 4.79 Å². The van der Waals surface area contributed by atoms with E-state index in [-0.39, 0.29) is 11.9 Å². The van der Waals surface area contributed by atoms with Crippen LogP contribution in [0.2, 0.25) is 0 Å². The van der Waals surface area contributed by atoms with E-state index in [2.05, 4.69) is 28.8 Å². The van der Waals surface area contributed by atoms with Crippen molar-refractivity contribution in [1.29, 1.82) is 0 Å². The van der Waals surface area contributed by atoms with Gasteiger partial charge in [-0.25, -0.2) is 0 Å². The van der Waals surface area contributed by atoms with Crippen molar-refractivity contribution in [3.8, 4) is 5.75 Å². The molecule has 2 heterocycles. The SMILES string of the molecule is CNC(=O)C1CC(c2ccc3c(c2)CCO3)CCN1. The molecule has 1 saturated heterocycles. The van der Waals surface area contributed by atoms with E-state index in [4.69, 9.17) is 4.74 Å². The van der Waals surface area contributed by atoms with Crippen molar-refractivity contribution in [3.63, 3.8) is 0 Å². The minimum absolute atomic E-state index is 0.0618. The Morgan fingerprint density at radius 3 is 3.21 bits per heavy atom. The Labute approximate surface area is 113 Å². The van der Waals surface area contributed by atoms with E-state index in [0.717, 1.165) is 38.2 Å². The molecule has 0 saturated carbocycles. The minimum Gasteiger partial charge on any atom is -0.493 e. The number of hydrogen-bond acceptors (Lipinski definition) is 3. The summed E-state index contributed by atoms with van der Waals surface area (Å²) in [5, 5.41) is 6.01. The molecule has 2 N–H and O–H groups in total. The lowest BCUT2D eigenvalue weighted by Gasteiger charge is -2.29. The second kappa shape index (κ2) is 5.21. The summed E-state index contributed by atoms with van der Waals surface area (Å²) < 4.78 is 5.54. The van der Waals surface area contributed by atoms with E-state index >= 15 is 0 Å². The van der Waals surface area contributed by atoms with Gasteiger partial charge in [0.15, 0.2) is 0 Å². The largest absolute Gasteiger partial charge is 0.493 e. The molecule has 1 amide bonds. The molecule has 2 aliphatic rings. The number of ether oxygens (including phenoxy) is 1. The average Bonchev–Trinajstić information content (AvgIpc) is 2.94. The van der Waals surface area contributed by atoms with Crippen molar-refractivity contribution >= 4 is 5.91 Å². The second-order valence-electron chi connectivity index (χ2n) is 5.31. The Bertz CT molecular complexity index is 487. The highest BCUT2D eigenvalue weighted by Crippen LogP contribution is 2.33. The first-order valence-electron chi connectivity index (χ1n) is 6.98. The molecule has 2 unspecified atom stereocenters. The van der Waals surface area contributed by atoms with Gasteiger partial charge in [0.25, 0.3) is 0 Å². The number of amides is 1. The monoisotopic (exact) mass is 260 g/mol. The van der Waals surface area contributed by atoms with Gasteiger partial charge in [-0.05, 0) is 42.5 Å². The zero-order valence-electron chi connectivity index (χ0n) is 11.2. The van der Waals surface area contributed by atoms with Crippen LogP contribution in [0.1, 0.15) is 29.9 Å². The number of nitrogens with one attached hydrogen (secondary N) is 2. The van der Waals surface area contributed by atoms with Crippen LogP contribution < -0.4 is 15.4 Å². The maximum absolute atomic E-state index is 11.7. The molecule has 1 fully saturated rings. The van der Waals surface area contributed by atoms with E-state index in [1.807, 2.05) is 0 Å². The summed E-state index contributed by atoms with van der Waals surface area (Å²) in [7, 11) is 1.69. The molecular formula is C15H20N2O2. The molecule has 3 rings (SSSR count). The van der Waals surface area contributed by atoms with Crippen LogP contribution in [0.25, 0.3) is 0 Å². The highest BCUT2D eigenvalue weighted by atomic mass is 16.5. The van der Waals surface area contributed by atoms with Gasteiger partial charge in [0.05, 0.1) is 12.6 Å². The van der Waals surface area contributed by atoms with Crippen LogP contribution in [0.15, 0.2) is 18.2 Å². The molecule has 2 atom stereocenters. The van der Waals surface area contributed by atoms with Crippen LogP contribution in [-0.2, 0) is 11.2 Å². The Morgan fingerprint density at radius 1 is 1.47 bits per heavy atom. The average molecular weight is 260 g/mol. The summed E-state index contributed by atoms with van der Waals surface area (Å²) in [6.45, 7) is 1.70. The molecule has 0 aliphatic carbocycles. The minimum atomic E-state index is -0.0618. The predicted molar refractivity (Wildman–Crippen MR) is 73.5 cm³/mol. The van der Waals surface area contributed by atoms with Gasteiger partial charge in [0.2, 0.25) is 5.91 Å². The van der Waals surface area contributed by atoms with Gasteiger partial charge in [0, 0.05) is 13.5 Å². The van der Waals surface area contributed by atoms with Crippen molar-refractivity contribution in [1.82, 2.24) is 10.6 Å². The lowest BCUT2D eigenvalue weighted by atomic mass is 9.85. The molecule has 1 aromatic carbocycles. The third kappa shape index (κ3) is 2.45. The van der Waals surface area contributed by atoms with Crippen LogP contribution >= 0.6 is 0 Å². The van der Waals surface area contributed by atoms with Crippen LogP contribution in [0.3, 0.4) is 0 Å². The zero-order valence-corrected chi connectivity index (χ0v) is 11.2. The molecule has 0 spiro atoms. The van der Waals surface area contributed by atoms with Crippen LogP contribution in [0.4, 0.5) is 0 Å². The van der Waals surface area contributed by atoms with Gasteiger partial charge >= 0.3 is 0 Å². The van der Waals surface area contributed by atoms with Gasteiger partial charge in [-0.15, -0.1) is 0 Å². The molecule has 0 aromatic heterocycles. The molecule has 4 nitrogen and oxygen atoms in total. The molecule has 102 valence electrons. The fourth-order valence-electron chi connectivity index (χ4n) is 3.05. The fraction of sp³-hybridized carbons (Fsp3) is 0.533. The summed E-state index contributed by atoms with van der Waals surface area (Å²) in [4.78, 5) is 11.7. The maximum Gasteiger partial charge on any atom is 0.236 e. The first-order chi connectivity index (χ1) is 9.28. The number of likely N-dealkylation sites (N-methyl/N-ethyl adjacent to an activating group) is 1. The van der Waals surface area contributed by atoms with Gasteiger partial charge in [-0.1, -0.05) is 12.1 Å². The Kier molecular flexibility index (Phi) is 3.42. The van der Waals surface area contributed by atoms with Crippen molar-refractivity contribution in [2.45, 2.75) is 31.2 Å². The quantitative estimate of drug-likeness (QED) is 0.840. The van der Waals surface area contributed by atoms with Crippen molar-refractivity contribution < 1.29 is 9.53 Å². The van der Waals surface area contributed by atoms with E-state index < -0.39 is 0 Å². The Hall–Kier alpha value is -1.55. The van der Waals surface area contributed by atoms with Crippen LogP contribution in [0.5, 0.6) is 5.75 Å². The zero-order chi connectivity index (χ0) is 13.2. The third-order valence-electron chi connectivity index (χ3n) is 4.15. The van der Waals surface area contributed by atoms with Crippen LogP contribution in [0, 0.1) is 0 Å². The fourth-order valence-corrected chi connectivity index (χ4v) is 3.05. The van der Waals surface area contributed by atoms with Gasteiger partial charge < -0.3 is 15.4 Å². The summed E-state index contributed by atoms with van der Waals surface area (Å²) in [5.41, 5.74) is 2.66. The number of hydrogen-bond donors (Lipinski definition) is 2. The van der Waals surface area contributed by atoms with Crippen molar-refractivity contribution in [2.24, 2.45) is 0 Å². The van der Waals surface area contributed by atoms with Crippen molar-refractivity contribution in [2.75, 3.05) is 20.2 Å². The van der Waals surface area contributed by atoms with Crippen LogP contribution in [-0.4, -0.2) is 32.1 Å². The molecular weight excluding hydrogens is 240 g/mol. The highest BCUT2D eigenvalue weighted by Gasteiger charge is 2.27. The van der Waals surface area contributed by atoms with E-state index in [0.29, 0.717) is 5.92 Å². The second-order valence-corrected chi connectivity index (χ2v) is 5.31. The van der Waals surface area contributed by atoms with Gasteiger partial charge in [-0.2, -0.15) is 0 Å². The summed E-state index contributed by atoms with van der Waals surface area (Å²) in [6.07, 6.45) is 2.97. The standard InChI is InChI=1S/C15H20N2O2/c1-16-15(18)13-9-11(4-6-17-13)10-2-3-14-12(8-10)5-7-19-14/h2-3,8,11,13,17H,4-7,9H2,1H3,(H,16,18). The number of benzene rings is 1. The number of piperidine rings is 1. The molecule has 19 heavy (non-hydrogen) atoms. The molecule has 2 aliphatic heterocycles. The number of fused-ring (bicyclic) bond motifs is 1. The normalized spacial score (nSPS) is 25.5. The predicted octanol–water partition coefficient (Wildman–Crippen LogP) is 1.20. The molecule has 0 radical (unpaired) electrons. The van der Waals surface area contributed by atoms with E-state index in [1.165, 1.54) is 11.1 Å². The summed E-state index contributed by atoms with van der Waals surface area (Å²) in [5.74, 6) is 1.59. The molecule has 0 bridgehead atoms. The van der Waals surface area contributed by atoms with E-state index in [9.17, 15) is 4.79 Å². The number of carbonyl (C=O) groups excluding carboxylic acids is 1. The van der Waals surface area contributed by atoms with Gasteiger partial charge in [0.1, 0.15) is 5.75 Å². The molecule has 4 heteroatoms. The number of carbonyl (C=O) groups is 1. The Balaban J connectivity index is 1.76. The summed E-state index contributed by atoms with van der Waals surface area (Å²) in [6, 6.07) is 6.43. The van der Waals surface area contributed by atoms with E-state index in [1.54, 1.807) is 7.05 Å². The number of rotatable bonds is 2. The maximum atomic E-state index is 11.7. The Morgan fingerprint density at radius 2 is 2.37 bits per heavy atom. The first kappa shape index (κ1) is 12.5. The lowest BCUT2D eigenvalue weighted by molar-refractivity contribution is -0.123. The highest BCUT2D eigenvalue weighted by molar-refractivity contribution is 5.81. The lowest BCUT2D eigenvalue weighted by Crippen LogP contribution is -2.47. The summed E-state index contributed by atoms with van der Waals surface area (Å²) >= 11 is 0. The third-order valence-corrected chi connectivity index (χ3v) is 4.15. The molecule has 1 aromatic rings. The smallest absolute Gasteiger partial charge is 0.236 e.